The van der Waals surface area contributed by atoms with Gasteiger partial charge in [0.25, 0.3) is 0 Å². The summed E-state index contributed by atoms with van der Waals surface area (Å²) in [6, 6.07) is 8.50. The zero-order valence-electron chi connectivity index (χ0n) is 12.8. The number of nitrogens with zero attached hydrogens (tertiary/aromatic N) is 1. The average molecular weight is 276 g/mol. The summed E-state index contributed by atoms with van der Waals surface area (Å²) in [5.41, 5.74) is 2.16. The van der Waals surface area contributed by atoms with Gasteiger partial charge in [-0.3, -0.25) is 4.79 Å². The molecule has 4 heteroatoms. The van der Waals surface area contributed by atoms with Crippen molar-refractivity contribution in [1.82, 2.24) is 10.2 Å². The molecule has 4 nitrogen and oxygen atoms in total. The third-order valence-corrected chi connectivity index (χ3v) is 4.02. The van der Waals surface area contributed by atoms with E-state index in [2.05, 4.69) is 29.3 Å². The van der Waals surface area contributed by atoms with Gasteiger partial charge in [-0.05, 0) is 39.1 Å². The number of ether oxygens (including phenoxy) is 1. The quantitative estimate of drug-likeness (QED) is 0.891. The number of rotatable bonds is 5. The first-order valence-corrected chi connectivity index (χ1v) is 7.02. The van der Waals surface area contributed by atoms with Crippen LogP contribution in [-0.4, -0.2) is 44.7 Å². The van der Waals surface area contributed by atoms with Crippen LogP contribution in [0.15, 0.2) is 24.3 Å². The molecule has 110 valence electrons. The van der Waals surface area contributed by atoms with E-state index >= 15 is 0 Å². The van der Waals surface area contributed by atoms with Gasteiger partial charge in [0.05, 0.1) is 24.7 Å². The zero-order valence-corrected chi connectivity index (χ0v) is 12.8. The first kappa shape index (κ1) is 15.0. The van der Waals surface area contributed by atoms with E-state index in [9.17, 15) is 4.79 Å². The van der Waals surface area contributed by atoms with Gasteiger partial charge in [-0.15, -0.1) is 0 Å². The zero-order chi connectivity index (χ0) is 14.8. The predicted molar refractivity (Wildman–Crippen MR) is 79.5 cm³/mol. The molecular weight excluding hydrogens is 252 g/mol. The van der Waals surface area contributed by atoms with Crippen molar-refractivity contribution in [2.45, 2.75) is 19.9 Å². The highest BCUT2D eigenvalue weighted by atomic mass is 16.5. The number of hydrogen-bond donors (Lipinski definition) is 1. The summed E-state index contributed by atoms with van der Waals surface area (Å²) < 4.78 is 5.15. The van der Waals surface area contributed by atoms with Crippen LogP contribution in [0.5, 0.6) is 0 Å². The van der Waals surface area contributed by atoms with Crippen LogP contribution in [0.3, 0.4) is 0 Å². The molecule has 2 rings (SSSR count). The van der Waals surface area contributed by atoms with Gasteiger partial charge >= 0.3 is 0 Å². The molecule has 1 heterocycles. The Kier molecular flexibility index (Phi) is 4.45. The average Bonchev–Trinajstić information content (AvgIpc) is 2.37. The molecule has 1 amide bonds. The number of carbonyl (C=O) groups is 1. The molecule has 0 spiro atoms. The van der Waals surface area contributed by atoms with Crippen molar-refractivity contribution in [3.63, 3.8) is 0 Å². The van der Waals surface area contributed by atoms with Gasteiger partial charge in [0.15, 0.2) is 0 Å². The fraction of sp³-hybridized carbons (Fsp3) is 0.562. The standard InChI is InChI=1S/C16H24N2O2/c1-12-7-5-6-8-13(12)14(18(3)4)9-17-15(19)16(2)10-20-11-16/h5-8,14H,9-11H2,1-4H3,(H,17,19)/t14-/m1/s1. The van der Waals surface area contributed by atoms with Crippen molar-refractivity contribution in [3.05, 3.63) is 35.4 Å². The van der Waals surface area contributed by atoms with E-state index in [0.717, 1.165) is 0 Å². The van der Waals surface area contributed by atoms with Crippen LogP contribution >= 0.6 is 0 Å². The van der Waals surface area contributed by atoms with Crippen molar-refractivity contribution in [3.8, 4) is 0 Å². The summed E-state index contributed by atoms with van der Waals surface area (Å²) >= 11 is 0. The van der Waals surface area contributed by atoms with Crippen LogP contribution in [0.2, 0.25) is 0 Å². The number of likely N-dealkylation sites (N-methyl/N-ethyl adjacent to an activating group) is 1. The Morgan fingerprint density at radius 1 is 1.40 bits per heavy atom. The van der Waals surface area contributed by atoms with Crippen LogP contribution in [0.25, 0.3) is 0 Å². The molecule has 1 atom stereocenters. The van der Waals surface area contributed by atoms with Crippen LogP contribution in [0.4, 0.5) is 0 Å². The summed E-state index contributed by atoms with van der Waals surface area (Å²) in [6.07, 6.45) is 0. The fourth-order valence-electron chi connectivity index (χ4n) is 2.47. The Morgan fingerprint density at radius 2 is 2.05 bits per heavy atom. The number of benzene rings is 1. The first-order valence-electron chi connectivity index (χ1n) is 7.02. The van der Waals surface area contributed by atoms with Crippen molar-refractivity contribution < 1.29 is 9.53 Å². The maximum atomic E-state index is 12.2. The molecule has 0 saturated carbocycles. The number of carbonyl (C=O) groups excluding carboxylic acids is 1. The summed E-state index contributed by atoms with van der Waals surface area (Å²) in [5.74, 6) is 0.0872. The minimum absolute atomic E-state index is 0.0872. The van der Waals surface area contributed by atoms with E-state index in [4.69, 9.17) is 4.74 Å². The van der Waals surface area contributed by atoms with Gasteiger partial charge in [0, 0.05) is 6.54 Å². The fourth-order valence-corrected chi connectivity index (χ4v) is 2.47. The molecule has 1 aromatic carbocycles. The molecule has 0 bridgehead atoms. The van der Waals surface area contributed by atoms with Gasteiger partial charge in [-0.1, -0.05) is 24.3 Å². The molecule has 0 unspecified atom stereocenters. The molecule has 1 aliphatic heterocycles. The minimum Gasteiger partial charge on any atom is -0.379 e. The molecule has 1 saturated heterocycles. The summed E-state index contributed by atoms with van der Waals surface area (Å²) in [6.45, 7) is 5.72. The monoisotopic (exact) mass is 276 g/mol. The molecule has 1 aromatic rings. The largest absolute Gasteiger partial charge is 0.379 e. The predicted octanol–water partition coefficient (Wildman–Crippen LogP) is 1.75. The van der Waals surface area contributed by atoms with Crippen molar-refractivity contribution in [2.24, 2.45) is 5.41 Å². The van der Waals surface area contributed by atoms with Crippen LogP contribution in [0, 0.1) is 12.3 Å². The number of amides is 1. The summed E-state index contributed by atoms with van der Waals surface area (Å²) in [5, 5.41) is 3.07. The Morgan fingerprint density at radius 3 is 2.55 bits per heavy atom. The Labute approximate surface area is 121 Å². The molecule has 1 aliphatic rings. The SMILES string of the molecule is Cc1ccccc1[C@@H](CNC(=O)C1(C)COC1)N(C)C. The van der Waals surface area contributed by atoms with E-state index in [0.29, 0.717) is 19.8 Å². The van der Waals surface area contributed by atoms with Crippen LogP contribution in [-0.2, 0) is 9.53 Å². The van der Waals surface area contributed by atoms with Gasteiger partial charge in [0.1, 0.15) is 0 Å². The smallest absolute Gasteiger partial charge is 0.230 e. The molecule has 0 aliphatic carbocycles. The van der Waals surface area contributed by atoms with Crippen molar-refractivity contribution >= 4 is 5.91 Å². The van der Waals surface area contributed by atoms with E-state index in [1.807, 2.05) is 33.2 Å². The number of hydrogen-bond acceptors (Lipinski definition) is 3. The normalized spacial score (nSPS) is 18.4. The van der Waals surface area contributed by atoms with Gasteiger partial charge in [0.2, 0.25) is 5.91 Å². The maximum Gasteiger partial charge on any atom is 0.230 e. The lowest BCUT2D eigenvalue weighted by Gasteiger charge is -2.37. The summed E-state index contributed by atoms with van der Waals surface area (Å²) in [7, 11) is 4.08. The highest BCUT2D eigenvalue weighted by Gasteiger charge is 2.41. The van der Waals surface area contributed by atoms with E-state index < -0.39 is 0 Å². The van der Waals surface area contributed by atoms with Gasteiger partial charge < -0.3 is 15.0 Å². The Balaban J connectivity index is 2.04. The molecular formula is C16H24N2O2. The Bertz CT molecular complexity index is 481. The summed E-state index contributed by atoms with van der Waals surface area (Å²) in [4.78, 5) is 14.3. The minimum atomic E-state index is -0.345. The van der Waals surface area contributed by atoms with E-state index in [1.165, 1.54) is 11.1 Å². The van der Waals surface area contributed by atoms with Gasteiger partial charge in [-0.25, -0.2) is 0 Å². The lowest BCUT2D eigenvalue weighted by Crippen LogP contribution is -2.53. The highest BCUT2D eigenvalue weighted by Crippen LogP contribution is 2.27. The van der Waals surface area contributed by atoms with Crippen LogP contribution < -0.4 is 5.32 Å². The van der Waals surface area contributed by atoms with Crippen molar-refractivity contribution in [1.29, 1.82) is 0 Å². The van der Waals surface area contributed by atoms with E-state index in [1.54, 1.807) is 0 Å². The third kappa shape index (κ3) is 3.02. The Hall–Kier alpha value is -1.39. The third-order valence-electron chi connectivity index (χ3n) is 4.02. The molecule has 20 heavy (non-hydrogen) atoms. The van der Waals surface area contributed by atoms with E-state index in [-0.39, 0.29) is 17.4 Å². The highest BCUT2D eigenvalue weighted by molar-refractivity contribution is 5.83. The number of nitrogens with one attached hydrogen (secondary N) is 1. The lowest BCUT2D eigenvalue weighted by atomic mass is 9.87. The second kappa shape index (κ2) is 5.94. The second-order valence-electron chi connectivity index (χ2n) is 6.10. The maximum absolute atomic E-state index is 12.2. The van der Waals surface area contributed by atoms with Crippen molar-refractivity contribution in [2.75, 3.05) is 33.9 Å². The second-order valence-corrected chi connectivity index (χ2v) is 6.10. The number of aryl methyl sites for hydroxylation is 1. The molecule has 0 aromatic heterocycles. The van der Waals surface area contributed by atoms with Gasteiger partial charge in [-0.2, -0.15) is 0 Å². The first-order chi connectivity index (χ1) is 9.44. The topological polar surface area (TPSA) is 41.6 Å². The molecule has 0 radical (unpaired) electrons. The van der Waals surface area contributed by atoms with Crippen LogP contribution in [0.1, 0.15) is 24.1 Å². The molecule has 1 N–H and O–H groups in total. The molecule has 1 fully saturated rings. The lowest BCUT2D eigenvalue weighted by molar-refractivity contribution is -0.157.